The first-order valence-electron chi connectivity index (χ1n) is 21.4. The third-order valence-electron chi connectivity index (χ3n) is 11.1. The molecule has 57 heavy (non-hydrogen) atoms. The number of esters is 1. The van der Waals surface area contributed by atoms with Crippen molar-refractivity contribution in [2.24, 2.45) is 23.5 Å². The minimum absolute atomic E-state index is 0.0523. The molecule has 0 spiro atoms. The molecule has 0 aliphatic carbocycles. The summed E-state index contributed by atoms with van der Waals surface area (Å²) in [5, 5.41) is 8.78. The highest BCUT2D eigenvalue weighted by Crippen LogP contribution is 2.32. The number of aromatic nitrogens is 1. The van der Waals surface area contributed by atoms with E-state index in [0.29, 0.717) is 37.4 Å². The van der Waals surface area contributed by atoms with Gasteiger partial charge in [-0.15, -0.1) is 11.3 Å². The van der Waals surface area contributed by atoms with Crippen molar-refractivity contribution in [3.8, 4) is 0 Å². The number of hydrogen-bond donors (Lipinski definition) is 3. The molecule has 3 rings (SSSR count). The molecule has 1 saturated heterocycles. The number of likely N-dealkylation sites (tertiary alicyclic amines) is 1. The summed E-state index contributed by atoms with van der Waals surface area (Å²) >= 11 is 1.37. The smallest absolute Gasteiger partial charge is 0.309 e. The molecule has 1 aromatic heterocycles. The number of nitrogens with one attached hydrogen (secondary N) is 2. The van der Waals surface area contributed by atoms with Gasteiger partial charge in [0.2, 0.25) is 11.8 Å². The van der Waals surface area contributed by atoms with Gasteiger partial charge in [0.1, 0.15) is 29.0 Å². The van der Waals surface area contributed by atoms with Crippen LogP contribution >= 0.6 is 11.3 Å². The van der Waals surface area contributed by atoms with Crippen molar-refractivity contribution in [3.63, 3.8) is 0 Å². The Bertz CT molecular complexity index is 1520. The molecule has 13 heteroatoms. The lowest BCUT2D eigenvalue weighted by molar-refractivity contribution is -0.152. The van der Waals surface area contributed by atoms with E-state index in [1.54, 1.807) is 19.2 Å². The van der Waals surface area contributed by atoms with E-state index in [2.05, 4.69) is 43.2 Å². The van der Waals surface area contributed by atoms with E-state index in [1.165, 1.54) is 11.3 Å². The molecule has 2 aromatic rings. The van der Waals surface area contributed by atoms with Gasteiger partial charge in [-0.2, -0.15) is 0 Å². The fraction of sp³-hybridized carbons (Fsp3) is 0.705. The van der Waals surface area contributed by atoms with Crippen molar-refractivity contribution in [2.75, 3.05) is 33.3 Å². The second-order valence-electron chi connectivity index (χ2n) is 16.4. The first-order chi connectivity index (χ1) is 27.2. The van der Waals surface area contributed by atoms with E-state index in [-0.39, 0.29) is 65.9 Å². The Labute approximate surface area is 346 Å². The molecule has 0 saturated carbocycles. The SMILES string of the molecule is CCCO[C@H](C[C@H](C(C)C)N(CCC)C(=O)[C@@H](NC(=O)[C@H]1CCCCN1C)[C@@H](C)CC)c1nc(C(=O)NC(Cc2ccccc2)C[C@H](C)C(=O)OC(C)CN)cs1. The molecule has 320 valence electrons. The van der Waals surface area contributed by atoms with Gasteiger partial charge in [0.25, 0.3) is 5.91 Å². The molecule has 12 nitrogen and oxygen atoms in total. The van der Waals surface area contributed by atoms with Crippen LogP contribution in [0.1, 0.15) is 134 Å². The minimum atomic E-state index is -0.645. The van der Waals surface area contributed by atoms with Crippen LogP contribution in [-0.4, -0.2) is 102 Å². The topological polar surface area (TPSA) is 156 Å². The number of amides is 3. The Morgan fingerprint density at radius 2 is 1.72 bits per heavy atom. The molecule has 2 unspecified atom stereocenters. The maximum absolute atomic E-state index is 14.7. The number of thiazole rings is 1. The molecule has 1 aliphatic rings. The maximum atomic E-state index is 14.7. The van der Waals surface area contributed by atoms with Gasteiger partial charge in [0.15, 0.2) is 0 Å². The van der Waals surface area contributed by atoms with Gasteiger partial charge in [0, 0.05) is 43.6 Å². The third kappa shape index (κ3) is 14.7. The zero-order valence-corrected chi connectivity index (χ0v) is 36.9. The summed E-state index contributed by atoms with van der Waals surface area (Å²) in [6, 6.07) is 8.41. The van der Waals surface area contributed by atoms with Crippen molar-refractivity contribution in [1.29, 1.82) is 0 Å². The Morgan fingerprint density at radius 1 is 1.00 bits per heavy atom. The Kier molecular flexibility index (Phi) is 20.6. The van der Waals surface area contributed by atoms with Crippen LogP contribution in [0.3, 0.4) is 0 Å². The summed E-state index contributed by atoms with van der Waals surface area (Å²) in [7, 11) is 1.99. The van der Waals surface area contributed by atoms with Gasteiger partial charge in [-0.3, -0.25) is 24.1 Å². The Hall–Kier alpha value is -3.39. The fourth-order valence-corrected chi connectivity index (χ4v) is 8.31. The van der Waals surface area contributed by atoms with Gasteiger partial charge >= 0.3 is 5.97 Å². The number of nitrogens with two attached hydrogens (primary N) is 1. The van der Waals surface area contributed by atoms with Gasteiger partial charge in [-0.1, -0.05) is 91.6 Å². The molecule has 4 N–H and O–H groups in total. The summed E-state index contributed by atoms with van der Waals surface area (Å²) in [4.78, 5) is 63.9. The van der Waals surface area contributed by atoms with Crippen LogP contribution in [0.2, 0.25) is 0 Å². The molecular weight excluding hydrogens is 741 g/mol. The van der Waals surface area contributed by atoms with Crippen LogP contribution in [-0.2, 0) is 30.3 Å². The summed E-state index contributed by atoms with van der Waals surface area (Å²) in [6.07, 6.45) is 5.71. The molecule has 8 atom stereocenters. The van der Waals surface area contributed by atoms with E-state index in [4.69, 9.17) is 20.2 Å². The normalized spacial score (nSPS) is 18.5. The molecule has 1 aliphatic heterocycles. The second-order valence-corrected chi connectivity index (χ2v) is 17.2. The number of rotatable bonds is 24. The van der Waals surface area contributed by atoms with Crippen LogP contribution < -0.4 is 16.4 Å². The van der Waals surface area contributed by atoms with Crippen molar-refractivity contribution in [2.45, 2.75) is 150 Å². The number of hydrogen-bond acceptors (Lipinski definition) is 10. The number of carbonyl (C=O) groups is 4. The molecular formula is C44H72N6O6S. The first kappa shape index (κ1) is 48.0. The van der Waals surface area contributed by atoms with Crippen molar-refractivity contribution in [1.82, 2.24) is 25.4 Å². The van der Waals surface area contributed by atoms with Crippen molar-refractivity contribution in [3.05, 3.63) is 52.0 Å². The highest BCUT2D eigenvalue weighted by atomic mass is 32.1. The zero-order chi connectivity index (χ0) is 42.1. The predicted octanol–water partition coefficient (Wildman–Crippen LogP) is 6.54. The highest BCUT2D eigenvalue weighted by molar-refractivity contribution is 7.09. The third-order valence-corrected chi connectivity index (χ3v) is 12.1. The van der Waals surface area contributed by atoms with Gasteiger partial charge in [-0.05, 0) is 76.4 Å². The summed E-state index contributed by atoms with van der Waals surface area (Å²) in [6.45, 7) is 18.1. The van der Waals surface area contributed by atoms with Crippen LogP contribution in [0.15, 0.2) is 35.7 Å². The number of piperidine rings is 1. The fourth-order valence-electron chi connectivity index (χ4n) is 7.45. The minimum Gasteiger partial charge on any atom is -0.461 e. The van der Waals surface area contributed by atoms with Crippen LogP contribution in [0, 0.1) is 17.8 Å². The monoisotopic (exact) mass is 813 g/mol. The van der Waals surface area contributed by atoms with Crippen LogP contribution in [0.5, 0.6) is 0 Å². The van der Waals surface area contributed by atoms with Crippen molar-refractivity contribution < 1.29 is 28.7 Å². The standard InChI is InChI=1S/C44H72N6O6S/c1-10-21-50(43(53)39(30(6)12-3)48-41(52)36-20-16-17-22-49(36)9)37(29(4)5)26-38(55-23-11-2)42-47-35(28-57-42)40(51)46-34(25-33-18-14-13-15-19-33)24-31(7)44(54)56-32(8)27-45/h13-15,18-19,28-32,34,36-39H,10-12,16-17,20-27,45H2,1-9H3,(H,46,51)(H,48,52)/t30-,31-,32?,34?,36+,37+,38+,39-/m0/s1. The van der Waals surface area contributed by atoms with Gasteiger partial charge < -0.3 is 30.7 Å². The molecule has 3 amide bonds. The highest BCUT2D eigenvalue weighted by Gasteiger charge is 2.38. The first-order valence-corrected chi connectivity index (χ1v) is 22.3. The predicted molar refractivity (Wildman–Crippen MR) is 228 cm³/mol. The van der Waals surface area contributed by atoms with Crippen LogP contribution in [0.4, 0.5) is 0 Å². The largest absolute Gasteiger partial charge is 0.461 e. The van der Waals surface area contributed by atoms with Crippen LogP contribution in [0.25, 0.3) is 0 Å². The Morgan fingerprint density at radius 3 is 2.33 bits per heavy atom. The van der Waals surface area contributed by atoms with E-state index in [9.17, 15) is 19.2 Å². The van der Waals surface area contributed by atoms with E-state index in [1.807, 2.05) is 56.1 Å². The van der Waals surface area contributed by atoms with Gasteiger partial charge in [-0.25, -0.2) is 4.98 Å². The summed E-state index contributed by atoms with van der Waals surface area (Å²) in [5.74, 6) is -1.26. The molecule has 1 aromatic carbocycles. The molecule has 0 bridgehead atoms. The lowest BCUT2D eigenvalue weighted by atomic mass is 9.92. The Balaban J connectivity index is 1.86. The lowest BCUT2D eigenvalue weighted by Crippen LogP contribution is -2.58. The summed E-state index contributed by atoms with van der Waals surface area (Å²) < 4.78 is 12.0. The molecule has 0 radical (unpaired) electrons. The number of carbonyl (C=O) groups excluding carboxylic acids is 4. The number of nitrogens with zero attached hydrogens (tertiary/aromatic N) is 3. The molecule has 2 heterocycles. The van der Waals surface area contributed by atoms with E-state index < -0.39 is 24.2 Å². The quantitative estimate of drug-likeness (QED) is 0.100. The zero-order valence-electron chi connectivity index (χ0n) is 36.1. The second kappa shape index (κ2) is 24.5. The number of likely N-dealkylation sites (N-methyl/N-ethyl adjacent to an activating group) is 1. The lowest BCUT2D eigenvalue weighted by Gasteiger charge is -2.40. The summed E-state index contributed by atoms with van der Waals surface area (Å²) in [5.41, 5.74) is 6.99. The average molecular weight is 813 g/mol. The van der Waals surface area contributed by atoms with E-state index in [0.717, 1.165) is 50.6 Å². The van der Waals surface area contributed by atoms with Gasteiger partial charge in [0.05, 0.1) is 12.0 Å². The molecule has 1 fully saturated rings. The van der Waals surface area contributed by atoms with E-state index >= 15 is 0 Å². The van der Waals surface area contributed by atoms with Crippen molar-refractivity contribution >= 4 is 35.0 Å². The number of benzene rings is 1. The average Bonchev–Trinajstić information content (AvgIpc) is 3.69. The maximum Gasteiger partial charge on any atom is 0.309 e. The number of ether oxygens (including phenoxy) is 2.